The Bertz CT molecular complexity index is 865. The Morgan fingerprint density at radius 1 is 1.45 bits per heavy atom. The number of pyridine rings is 1. The normalized spacial score (nSPS) is 12.5. The molecule has 0 aliphatic rings. The molecule has 3 aromatic heterocycles. The van der Waals surface area contributed by atoms with E-state index in [2.05, 4.69) is 15.2 Å². The van der Waals surface area contributed by atoms with Crippen molar-refractivity contribution in [2.45, 2.75) is 26.8 Å². The Morgan fingerprint density at radius 3 is 2.91 bits per heavy atom. The number of hydrogen-bond acceptors (Lipinski definition) is 7. The van der Waals surface area contributed by atoms with E-state index in [1.807, 2.05) is 32.9 Å². The molecule has 0 saturated heterocycles. The SMILES string of the molecule is Cc1ccc2c(N)c(/C([O-])=N/c3c[n+](C(C)C)no3)sc2n1. The molecule has 3 rings (SSSR count). The number of aliphatic imine (C=N–C) groups is 1. The van der Waals surface area contributed by atoms with E-state index in [0.29, 0.717) is 10.6 Å². The van der Waals surface area contributed by atoms with Gasteiger partial charge in [-0.25, -0.2) is 9.98 Å². The zero-order valence-corrected chi connectivity index (χ0v) is 13.2. The summed E-state index contributed by atoms with van der Waals surface area (Å²) in [7, 11) is 0. The number of thiophene rings is 1. The number of nitrogen functional groups attached to an aromatic ring is 1. The molecule has 0 aromatic carbocycles. The highest BCUT2D eigenvalue weighted by molar-refractivity contribution is 7.21. The van der Waals surface area contributed by atoms with Gasteiger partial charge in [-0.1, -0.05) is 0 Å². The van der Waals surface area contributed by atoms with Crippen molar-refractivity contribution in [3.8, 4) is 0 Å². The van der Waals surface area contributed by atoms with Crippen LogP contribution in [-0.2, 0) is 0 Å². The first-order chi connectivity index (χ1) is 10.5. The number of nitrogens with zero attached hydrogens (tertiary/aromatic N) is 4. The molecule has 3 heterocycles. The number of nitrogens with two attached hydrogens (primary N) is 1. The Kier molecular flexibility index (Phi) is 3.53. The summed E-state index contributed by atoms with van der Waals surface area (Å²) >= 11 is 1.23. The second-order valence-corrected chi connectivity index (χ2v) is 6.18. The molecule has 114 valence electrons. The van der Waals surface area contributed by atoms with Crippen LogP contribution in [0.2, 0.25) is 0 Å². The molecule has 22 heavy (non-hydrogen) atoms. The van der Waals surface area contributed by atoms with Crippen molar-refractivity contribution in [2.24, 2.45) is 4.99 Å². The first-order valence-corrected chi connectivity index (χ1v) is 7.57. The number of fused-ring (bicyclic) bond motifs is 1. The van der Waals surface area contributed by atoms with E-state index < -0.39 is 5.90 Å². The zero-order valence-electron chi connectivity index (χ0n) is 12.4. The highest BCUT2D eigenvalue weighted by Gasteiger charge is 2.15. The first-order valence-electron chi connectivity index (χ1n) is 6.75. The molecular weight excluding hydrogens is 302 g/mol. The minimum Gasteiger partial charge on any atom is -0.857 e. The third-order valence-corrected chi connectivity index (χ3v) is 4.24. The van der Waals surface area contributed by atoms with Gasteiger partial charge in [-0.15, -0.1) is 11.3 Å². The molecule has 0 spiro atoms. The average Bonchev–Trinajstić information content (AvgIpc) is 3.04. The Morgan fingerprint density at radius 2 is 2.23 bits per heavy atom. The second-order valence-electron chi connectivity index (χ2n) is 5.18. The lowest BCUT2D eigenvalue weighted by Gasteiger charge is -2.06. The van der Waals surface area contributed by atoms with Gasteiger partial charge >= 0.3 is 5.88 Å². The Hall–Kier alpha value is -2.48. The summed E-state index contributed by atoms with van der Waals surface area (Å²) in [6, 6.07) is 3.85. The van der Waals surface area contributed by atoms with Crippen LogP contribution in [0.15, 0.2) is 27.8 Å². The lowest BCUT2D eigenvalue weighted by atomic mass is 10.2. The molecule has 2 N–H and O–H groups in total. The van der Waals surface area contributed by atoms with Gasteiger partial charge in [0.05, 0.1) is 10.6 Å². The first kappa shape index (κ1) is 14.5. The van der Waals surface area contributed by atoms with Gasteiger partial charge in [0.1, 0.15) is 4.83 Å². The third-order valence-electron chi connectivity index (χ3n) is 3.14. The Labute approximate surface area is 130 Å². The van der Waals surface area contributed by atoms with Crippen LogP contribution in [0, 0.1) is 6.92 Å². The third kappa shape index (κ3) is 2.52. The van der Waals surface area contributed by atoms with Crippen LogP contribution in [0.4, 0.5) is 11.6 Å². The quantitative estimate of drug-likeness (QED) is 0.447. The van der Waals surface area contributed by atoms with E-state index in [9.17, 15) is 5.11 Å². The van der Waals surface area contributed by atoms with Crippen LogP contribution >= 0.6 is 11.3 Å². The summed E-state index contributed by atoms with van der Waals surface area (Å²) in [6.45, 7) is 5.79. The van der Waals surface area contributed by atoms with E-state index in [4.69, 9.17) is 10.3 Å². The van der Waals surface area contributed by atoms with Gasteiger partial charge in [0.25, 0.3) is 6.20 Å². The van der Waals surface area contributed by atoms with E-state index in [1.165, 1.54) is 11.3 Å². The number of hydrogen-bond donors (Lipinski definition) is 1. The van der Waals surface area contributed by atoms with Gasteiger partial charge < -0.3 is 10.8 Å². The zero-order chi connectivity index (χ0) is 15.9. The van der Waals surface area contributed by atoms with Gasteiger partial charge in [-0.05, 0) is 37.6 Å². The largest absolute Gasteiger partial charge is 0.857 e. The van der Waals surface area contributed by atoms with E-state index in [-0.39, 0.29) is 11.9 Å². The smallest absolute Gasteiger partial charge is 0.320 e. The summed E-state index contributed by atoms with van der Waals surface area (Å²) in [4.78, 5) is 9.39. The van der Waals surface area contributed by atoms with E-state index in [0.717, 1.165) is 15.9 Å². The Balaban J connectivity index is 2.02. The van der Waals surface area contributed by atoms with Crippen molar-refractivity contribution >= 4 is 39.0 Å². The number of aromatic nitrogens is 3. The van der Waals surface area contributed by atoms with Crippen molar-refractivity contribution < 1.29 is 14.3 Å². The predicted octanol–water partition coefficient (Wildman–Crippen LogP) is 1.48. The molecule has 0 atom stereocenters. The monoisotopic (exact) mass is 317 g/mol. The van der Waals surface area contributed by atoms with Gasteiger partial charge in [-0.3, -0.25) is 4.52 Å². The fraction of sp³-hybridized carbons (Fsp3) is 0.286. The molecule has 7 nitrogen and oxygen atoms in total. The van der Waals surface area contributed by atoms with Gasteiger partial charge in [0.2, 0.25) is 5.27 Å². The van der Waals surface area contributed by atoms with Crippen LogP contribution in [-0.4, -0.2) is 16.2 Å². The highest BCUT2D eigenvalue weighted by atomic mass is 32.1. The summed E-state index contributed by atoms with van der Waals surface area (Å²) in [5.74, 6) is -0.301. The van der Waals surface area contributed by atoms with E-state index in [1.54, 1.807) is 10.9 Å². The molecule has 0 fully saturated rings. The molecule has 0 radical (unpaired) electrons. The average molecular weight is 317 g/mol. The topological polar surface area (TPSA) is 104 Å². The summed E-state index contributed by atoms with van der Waals surface area (Å²) in [5.41, 5.74) is 7.31. The lowest BCUT2D eigenvalue weighted by molar-refractivity contribution is -0.779. The molecule has 0 bridgehead atoms. The van der Waals surface area contributed by atoms with Gasteiger partial charge in [0, 0.05) is 17.0 Å². The number of anilines is 1. The van der Waals surface area contributed by atoms with Crippen LogP contribution in [0.25, 0.3) is 10.2 Å². The van der Waals surface area contributed by atoms with Crippen molar-refractivity contribution in [3.63, 3.8) is 0 Å². The number of aryl methyl sites for hydroxylation is 1. The fourth-order valence-electron chi connectivity index (χ4n) is 1.94. The maximum atomic E-state index is 12.3. The minimum absolute atomic E-state index is 0.129. The molecule has 0 saturated carbocycles. The molecule has 8 heteroatoms. The van der Waals surface area contributed by atoms with Crippen molar-refractivity contribution in [3.05, 3.63) is 28.9 Å². The lowest BCUT2D eigenvalue weighted by Crippen LogP contribution is -2.36. The van der Waals surface area contributed by atoms with Crippen LogP contribution < -0.4 is 15.5 Å². The van der Waals surface area contributed by atoms with Crippen molar-refractivity contribution in [2.75, 3.05) is 5.73 Å². The predicted molar refractivity (Wildman–Crippen MR) is 82.0 cm³/mol. The van der Waals surface area contributed by atoms with E-state index >= 15 is 0 Å². The molecule has 3 aromatic rings. The van der Waals surface area contributed by atoms with Crippen LogP contribution in [0.1, 0.15) is 30.5 Å². The van der Waals surface area contributed by atoms with Crippen LogP contribution in [0.5, 0.6) is 0 Å². The summed E-state index contributed by atoms with van der Waals surface area (Å²) < 4.78 is 6.61. The highest BCUT2D eigenvalue weighted by Crippen LogP contribution is 2.32. The number of rotatable bonds is 3. The second kappa shape index (κ2) is 5.38. The van der Waals surface area contributed by atoms with Crippen molar-refractivity contribution in [1.82, 2.24) is 10.3 Å². The summed E-state index contributed by atoms with van der Waals surface area (Å²) in [5, 5.41) is 16.9. The van der Waals surface area contributed by atoms with Gasteiger partial charge in [0.15, 0.2) is 6.04 Å². The standard InChI is InChI=1S/C14H15N5O2S/c1-7(2)19-6-10(21-18-19)17-13(20)12-11(15)9-5-4-8(3)16-14(9)22-12/h4-7H,1-3H3,(H2-,15,17,18,20). The molecular formula is C14H15N5O2S. The summed E-state index contributed by atoms with van der Waals surface area (Å²) in [6.07, 6.45) is 1.58. The molecule has 0 aliphatic heterocycles. The fourth-order valence-corrected chi connectivity index (χ4v) is 2.97. The molecule has 0 amide bonds. The minimum atomic E-state index is -0.454. The molecule has 0 aliphatic carbocycles. The molecule has 0 unspecified atom stereocenters. The van der Waals surface area contributed by atoms with Gasteiger partial charge in [-0.2, -0.15) is 0 Å². The van der Waals surface area contributed by atoms with Crippen LogP contribution in [0.3, 0.4) is 0 Å². The maximum Gasteiger partial charge on any atom is 0.320 e. The maximum absolute atomic E-state index is 12.3. The van der Waals surface area contributed by atoms with Crippen molar-refractivity contribution in [1.29, 1.82) is 0 Å².